The third-order valence-electron chi connectivity index (χ3n) is 3.98. The van der Waals surface area contributed by atoms with Crippen LogP contribution in [0.5, 0.6) is 0 Å². The average molecular weight is 329 g/mol. The number of fused-ring (bicyclic) bond motifs is 1. The first kappa shape index (κ1) is 16.4. The van der Waals surface area contributed by atoms with E-state index in [4.69, 9.17) is 10.5 Å². The van der Waals surface area contributed by atoms with Crippen LogP contribution in [0.25, 0.3) is 11.0 Å². The van der Waals surface area contributed by atoms with Gasteiger partial charge in [0.25, 0.3) is 0 Å². The first-order valence-corrected chi connectivity index (χ1v) is 8.11. The van der Waals surface area contributed by atoms with Crippen LogP contribution in [0.3, 0.4) is 0 Å². The SMILES string of the molecule is Cc1nc(N)c2ccc(C3CCN(C(=O)OC(C)(C)C)C3)nc2n1. The van der Waals surface area contributed by atoms with E-state index in [0.29, 0.717) is 30.4 Å². The van der Waals surface area contributed by atoms with Gasteiger partial charge in [-0.15, -0.1) is 0 Å². The molecule has 0 aromatic carbocycles. The van der Waals surface area contributed by atoms with Gasteiger partial charge in [0.2, 0.25) is 0 Å². The molecule has 0 bridgehead atoms. The van der Waals surface area contributed by atoms with E-state index in [1.807, 2.05) is 32.9 Å². The van der Waals surface area contributed by atoms with Gasteiger partial charge in [0.1, 0.15) is 17.2 Å². The largest absolute Gasteiger partial charge is 0.444 e. The fourth-order valence-electron chi connectivity index (χ4n) is 2.88. The molecule has 2 aromatic heterocycles. The Bertz CT molecular complexity index is 784. The Balaban J connectivity index is 1.78. The molecule has 0 aliphatic carbocycles. The normalized spacial score (nSPS) is 18.2. The molecule has 2 aromatic rings. The second-order valence-corrected chi connectivity index (χ2v) is 7.18. The first-order chi connectivity index (χ1) is 11.2. The van der Waals surface area contributed by atoms with Crippen LogP contribution in [0.1, 0.15) is 44.6 Å². The van der Waals surface area contributed by atoms with E-state index in [1.165, 1.54) is 0 Å². The summed E-state index contributed by atoms with van der Waals surface area (Å²) in [5, 5.41) is 0.756. The van der Waals surface area contributed by atoms with E-state index in [2.05, 4.69) is 15.0 Å². The van der Waals surface area contributed by atoms with Crippen molar-refractivity contribution < 1.29 is 9.53 Å². The maximum Gasteiger partial charge on any atom is 0.410 e. The predicted octanol–water partition coefficient (Wildman–Crippen LogP) is 2.64. The molecule has 0 saturated carbocycles. The Kier molecular flexibility index (Phi) is 4.03. The summed E-state index contributed by atoms with van der Waals surface area (Å²) >= 11 is 0. The lowest BCUT2D eigenvalue weighted by Gasteiger charge is -2.24. The number of amides is 1. The Morgan fingerprint density at radius 3 is 2.75 bits per heavy atom. The fourth-order valence-corrected chi connectivity index (χ4v) is 2.88. The maximum absolute atomic E-state index is 12.2. The molecule has 0 spiro atoms. The lowest BCUT2D eigenvalue weighted by atomic mass is 10.0. The minimum absolute atomic E-state index is 0.179. The number of nitrogen functional groups attached to an aromatic ring is 1. The molecule has 2 N–H and O–H groups in total. The molecular weight excluding hydrogens is 306 g/mol. The minimum Gasteiger partial charge on any atom is -0.444 e. The molecule has 3 rings (SSSR count). The summed E-state index contributed by atoms with van der Waals surface area (Å²) in [5.41, 5.74) is 6.96. The molecule has 1 unspecified atom stereocenters. The molecule has 1 amide bonds. The van der Waals surface area contributed by atoms with Crippen LogP contribution >= 0.6 is 0 Å². The standard InChI is InChI=1S/C17H23N5O2/c1-10-19-14(18)12-5-6-13(21-15(12)20-10)11-7-8-22(9-11)16(23)24-17(2,3)4/h5-6,11H,7-9H2,1-4H3,(H2,18,19,20,21). The molecule has 3 heterocycles. The maximum atomic E-state index is 12.2. The number of rotatable bonds is 1. The zero-order valence-corrected chi connectivity index (χ0v) is 14.5. The quantitative estimate of drug-likeness (QED) is 0.864. The Hall–Kier alpha value is -2.44. The molecule has 128 valence electrons. The molecule has 0 radical (unpaired) electrons. The van der Waals surface area contributed by atoms with Crippen molar-refractivity contribution in [3.05, 3.63) is 23.7 Å². The highest BCUT2D eigenvalue weighted by Gasteiger charge is 2.31. The van der Waals surface area contributed by atoms with E-state index in [1.54, 1.807) is 11.8 Å². The lowest BCUT2D eigenvalue weighted by molar-refractivity contribution is 0.0292. The van der Waals surface area contributed by atoms with Gasteiger partial charge in [-0.25, -0.2) is 19.7 Å². The molecule has 24 heavy (non-hydrogen) atoms. The lowest BCUT2D eigenvalue weighted by Crippen LogP contribution is -2.35. The number of hydrogen-bond donors (Lipinski definition) is 1. The van der Waals surface area contributed by atoms with Crippen molar-refractivity contribution in [2.45, 2.75) is 45.6 Å². The molecule has 1 aliphatic heterocycles. The van der Waals surface area contributed by atoms with Gasteiger partial charge in [-0.2, -0.15) is 0 Å². The van der Waals surface area contributed by atoms with Crippen molar-refractivity contribution in [3.63, 3.8) is 0 Å². The highest BCUT2D eigenvalue weighted by molar-refractivity contribution is 5.85. The zero-order valence-electron chi connectivity index (χ0n) is 14.5. The molecule has 1 saturated heterocycles. The van der Waals surface area contributed by atoms with Crippen molar-refractivity contribution in [2.75, 3.05) is 18.8 Å². The number of nitrogens with zero attached hydrogens (tertiary/aromatic N) is 4. The van der Waals surface area contributed by atoms with Crippen LogP contribution in [-0.4, -0.2) is 44.6 Å². The van der Waals surface area contributed by atoms with Crippen LogP contribution in [0.2, 0.25) is 0 Å². The van der Waals surface area contributed by atoms with Crippen molar-refractivity contribution >= 4 is 22.9 Å². The summed E-state index contributed by atoms with van der Waals surface area (Å²) in [5.74, 6) is 1.23. The number of pyridine rings is 1. The molecular formula is C17H23N5O2. The van der Waals surface area contributed by atoms with Gasteiger partial charge >= 0.3 is 6.09 Å². The molecule has 7 nitrogen and oxygen atoms in total. The van der Waals surface area contributed by atoms with Crippen LogP contribution in [-0.2, 0) is 4.74 Å². The first-order valence-electron chi connectivity index (χ1n) is 8.11. The summed E-state index contributed by atoms with van der Waals surface area (Å²) in [7, 11) is 0. The average Bonchev–Trinajstić information content (AvgIpc) is 2.94. The second-order valence-electron chi connectivity index (χ2n) is 7.18. The van der Waals surface area contributed by atoms with E-state index in [-0.39, 0.29) is 12.0 Å². The van der Waals surface area contributed by atoms with Crippen LogP contribution in [0, 0.1) is 6.92 Å². The number of ether oxygens (including phenoxy) is 1. The van der Waals surface area contributed by atoms with Crippen molar-refractivity contribution in [1.29, 1.82) is 0 Å². The number of hydrogen-bond acceptors (Lipinski definition) is 6. The van der Waals surface area contributed by atoms with E-state index in [9.17, 15) is 4.79 Å². The number of aromatic nitrogens is 3. The summed E-state index contributed by atoms with van der Waals surface area (Å²) in [6, 6.07) is 3.85. The predicted molar refractivity (Wildman–Crippen MR) is 91.6 cm³/mol. The van der Waals surface area contributed by atoms with Gasteiger partial charge in [-0.3, -0.25) is 0 Å². The number of carbonyl (C=O) groups excluding carboxylic acids is 1. The Morgan fingerprint density at radius 2 is 2.04 bits per heavy atom. The molecule has 1 atom stereocenters. The number of carbonyl (C=O) groups is 1. The van der Waals surface area contributed by atoms with Crippen LogP contribution in [0.15, 0.2) is 12.1 Å². The second kappa shape index (κ2) is 5.89. The summed E-state index contributed by atoms with van der Waals surface area (Å²) in [4.78, 5) is 27.1. The number of likely N-dealkylation sites (tertiary alicyclic amines) is 1. The Morgan fingerprint density at radius 1 is 1.29 bits per heavy atom. The number of anilines is 1. The highest BCUT2D eigenvalue weighted by atomic mass is 16.6. The van der Waals surface area contributed by atoms with Crippen molar-refractivity contribution in [2.24, 2.45) is 0 Å². The highest BCUT2D eigenvalue weighted by Crippen LogP contribution is 2.28. The fraction of sp³-hybridized carbons (Fsp3) is 0.529. The minimum atomic E-state index is -0.484. The summed E-state index contributed by atoms with van der Waals surface area (Å²) in [6.45, 7) is 8.68. The van der Waals surface area contributed by atoms with Crippen molar-refractivity contribution in [3.8, 4) is 0 Å². The molecule has 1 aliphatic rings. The van der Waals surface area contributed by atoms with Gasteiger partial charge < -0.3 is 15.4 Å². The van der Waals surface area contributed by atoms with Gasteiger partial charge in [0.05, 0.1) is 5.39 Å². The number of aryl methyl sites for hydroxylation is 1. The van der Waals surface area contributed by atoms with Crippen LogP contribution < -0.4 is 5.73 Å². The zero-order chi connectivity index (χ0) is 17.5. The smallest absolute Gasteiger partial charge is 0.410 e. The van der Waals surface area contributed by atoms with Crippen molar-refractivity contribution in [1.82, 2.24) is 19.9 Å². The number of nitrogens with two attached hydrogens (primary N) is 1. The van der Waals surface area contributed by atoms with Gasteiger partial charge in [-0.05, 0) is 46.2 Å². The topological polar surface area (TPSA) is 94.2 Å². The van der Waals surface area contributed by atoms with Gasteiger partial charge in [0.15, 0.2) is 5.65 Å². The molecule has 1 fully saturated rings. The van der Waals surface area contributed by atoms with E-state index >= 15 is 0 Å². The summed E-state index contributed by atoms with van der Waals surface area (Å²) < 4.78 is 5.44. The third kappa shape index (κ3) is 3.39. The Labute approximate surface area is 141 Å². The monoisotopic (exact) mass is 329 g/mol. The van der Waals surface area contributed by atoms with Gasteiger partial charge in [-0.1, -0.05) is 0 Å². The summed E-state index contributed by atoms with van der Waals surface area (Å²) in [6.07, 6.45) is 0.588. The van der Waals surface area contributed by atoms with E-state index in [0.717, 1.165) is 17.5 Å². The van der Waals surface area contributed by atoms with Gasteiger partial charge in [0, 0.05) is 24.7 Å². The van der Waals surface area contributed by atoms with E-state index < -0.39 is 5.60 Å². The molecule has 7 heteroatoms. The third-order valence-corrected chi connectivity index (χ3v) is 3.98. The van der Waals surface area contributed by atoms with Crippen LogP contribution in [0.4, 0.5) is 10.6 Å².